The minimum absolute atomic E-state index is 0.153. The first-order valence-corrected chi connectivity index (χ1v) is 15.4. The van der Waals surface area contributed by atoms with Gasteiger partial charge in [-0.15, -0.1) is 0 Å². The molecule has 1 aliphatic heterocycles. The second-order valence-corrected chi connectivity index (χ2v) is 12.9. The van der Waals surface area contributed by atoms with Gasteiger partial charge in [-0.25, -0.2) is 4.98 Å². The van der Waals surface area contributed by atoms with Gasteiger partial charge in [0.05, 0.1) is 22.8 Å². The van der Waals surface area contributed by atoms with E-state index in [1.807, 2.05) is 29.9 Å². The van der Waals surface area contributed by atoms with Crippen molar-refractivity contribution in [1.29, 1.82) is 0 Å². The molecule has 1 saturated heterocycles. The van der Waals surface area contributed by atoms with Gasteiger partial charge in [0.15, 0.2) is 0 Å². The number of rotatable bonds is 8. The third-order valence-corrected chi connectivity index (χ3v) is 8.33. The lowest BCUT2D eigenvalue weighted by atomic mass is 9.99. The Labute approximate surface area is 254 Å². The van der Waals surface area contributed by atoms with E-state index in [-0.39, 0.29) is 23.6 Å². The molecule has 0 unspecified atom stereocenters. The lowest BCUT2D eigenvalue weighted by Crippen LogP contribution is -2.49. The average Bonchev–Trinajstić information content (AvgIpc) is 3.41. The summed E-state index contributed by atoms with van der Waals surface area (Å²) in [5.41, 5.74) is 5.20. The van der Waals surface area contributed by atoms with Crippen molar-refractivity contribution in [3.8, 4) is 11.1 Å². The molecule has 9 heteroatoms. The molecule has 1 aliphatic rings. The van der Waals surface area contributed by atoms with Crippen LogP contribution in [0.3, 0.4) is 0 Å². The van der Waals surface area contributed by atoms with Crippen LogP contribution in [-0.2, 0) is 18.5 Å². The van der Waals surface area contributed by atoms with Crippen LogP contribution < -0.4 is 15.8 Å². The first kappa shape index (κ1) is 30.5. The third kappa shape index (κ3) is 6.51. The highest BCUT2D eigenvalue weighted by Gasteiger charge is 2.23. The number of anilines is 1. The van der Waals surface area contributed by atoms with Crippen molar-refractivity contribution in [3.05, 3.63) is 75.5 Å². The summed E-state index contributed by atoms with van der Waals surface area (Å²) in [5, 5.41) is 8.48. The maximum absolute atomic E-state index is 13.8. The molecule has 0 aliphatic carbocycles. The van der Waals surface area contributed by atoms with E-state index in [0.29, 0.717) is 17.2 Å². The van der Waals surface area contributed by atoms with Gasteiger partial charge in [0.1, 0.15) is 5.82 Å². The zero-order chi connectivity index (χ0) is 30.9. The van der Waals surface area contributed by atoms with Crippen LogP contribution in [0.25, 0.3) is 22.0 Å². The Morgan fingerprint density at radius 1 is 1.05 bits per heavy atom. The number of aromatic nitrogens is 4. The molecule has 0 spiro atoms. The second kappa shape index (κ2) is 12.3. The van der Waals surface area contributed by atoms with Crippen molar-refractivity contribution in [1.82, 2.24) is 30.0 Å². The van der Waals surface area contributed by atoms with Gasteiger partial charge in [-0.1, -0.05) is 13.3 Å². The van der Waals surface area contributed by atoms with Crippen molar-refractivity contribution >= 4 is 22.6 Å². The smallest absolute Gasteiger partial charge is 0.253 e. The van der Waals surface area contributed by atoms with E-state index in [9.17, 15) is 9.59 Å². The number of pyridine rings is 2. The van der Waals surface area contributed by atoms with E-state index >= 15 is 0 Å². The van der Waals surface area contributed by atoms with E-state index in [1.54, 1.807) is 6.20 Å². The monoisotopic (exact) mass is 583 g/mol. The van der Waals surface area contributed by atoms with Crippen LogP contribution in [0.4, 0.5) is 5.82 Å². The van der Waals surface area contributed by atoms with Crippen molar-refractivity contribution in [3.63, 3.8) is 0 Å². The third-order valence-electron chi connectivity index (χ3n) is 8.33. The van der Waals surface area contributed by atoms with E-state index in [1.165, 1.54) is 0 Å². The molecular formula is C34H45N7O2. The zero-order valence-corrected chi connectivity index (χ0v) is 26.6. The Morgan fingerprint density at radius 2 is 1.79 bits per heavy atom. The number of aromatic amines is 1. The minimum atomic E-state index is -0.279. The Balaban J connectivity index is 1.46. The highest BCUT2D eigenvalue weighted by atomic mass is 16.1. The molecule has 0 atom stereocenters. The molecular weight excluding hydrogens is 538 g/mol. The molecule has 2 N–H and O–H groups in total. The van der Waals surface area contributed by atoms with Crippen LogP contribution in [0.1, 0.15) is 75.1 Å². The number of aryl methyl sites for hydroxylation is 2. The predicted molar refractivity (Wildman–Crippen MR) is 174 cm³/mol. The van der Waals surface area contributed by atoms with Gasteiger partial charge in [0.2, 0.25) is 0 Å². The summed E-state index contributed by atoms with van der Waals surface area (Å²) in [6.07, 6.45) is 5.36. The van der Waals surface area contributed by atoms with E-state index < -0.39 is 0 Å². The number of carbonyl (C=O) groups is 1. The van der Waals surface area contributed by atoms with Crippen LogP contribution >= 0.6 is 0 Å². The molecule has 4 aromatic rings. The summed E-state index contributed by atoms with van der Waals surface area (Å²) in [7, 11) is 0. The van der Waals surface area contributed by atoms with E-state index in [4.69, 9.17) is 4.98 Å². The second-order valence-electron chi connectivity index (χ2n) is 12.9. The first-order valence-electron chi connectivity index (χ1n) is 15.4. The van der Waals surface area contributed by atoms with Crippen LogP contribution in [-0.4, -0.2) is 62.8 Å². The topological polar surface area (TPSA) is 99.2 Å². The number of amides is 1. The number of hydrogen-bond donors (Lipinski definition) is 2. The average molecular weight is 584 g/mol. The fourth-order valence-electron chi connectivity index (χ4n) is 5.96. The summed E-state index contributed by atoms with van der Waals surface area (Å²) in [6.45, 7) is 18.9. The number of nitrogens with zero attached hydrogens (tertiary/aromatic N) is 5. The molecule has 0 saturated carbocycles. The number of H-pyrrole nitrogens is 1. The van der Waals surface area contributed by atoms with Crippen molar-refractivity contribution < 1.29 is 4.79 Å². The molecule has 5 rings (SSSR count). The quantitative estimate of drug-likeness (QED) is 0.294. The van der Waals surface area contributed by atoms with Crippen molar-refractivity contribution in [2.24, 2.45) is 0 Å². The minimum Gasteiger partial charge on any atom is -0.354 e. The number of hydrogen-bond acceptors (Lipinski definition) is 6. The number of piperazine rings is 1. The van der Waals surface area contributed by atoms with Crippen LogP contribution in [0.2, 0.25) is 0 Å². The summed E-state index contributed by atoms with van der Waals surface area (Å²) in [6, 6.07) is 10.7. The fraction of sp³-hybridized carbons (Fsp3) is 0.471. The number of carbonyl (C=O) groups excluding carboxylic acids is 1. The molecule has 1 aromatic carbocycles. The predicted octanol–water partition coefficient (Wildman–Crippen LogP) is 5.26. The molecule has 1 amide bonds. The van der Waals surface area contributed by atoms with Crippen LogP contribution in [0.5, 0.6) is 0 Å². The zero-order valence-electron chi connectivity index (χ0n) is 26.6. The number of fused-ring (bicyclic) bond motifs is 1. The van der Waals surface area contributed by atoms with Gasteiger partial charge in [-0.3, -0.25) is 19.2 Å². The molecule has 43 heavy (non-hydrogen) atoms. The molecule has 3 aromatic heterocycles. The van der Waals surface area contributed by atoms with Crippen molar-refractivity contribution in [2.75, 3.05) is 31.1 Å². The lowest BCUT2D eigenvalue weighted by molar-refractivity contribution is 0.0952. The van der Waals surface area contributed by atoms with Gasteiger partial charge in [0.25, 0.3) is 11.5 Å². The van der Waals surface area contributed by atoms with Gasteiger partial charge in [-0.2, -0.15) is 5.10 Å². The van der Waals surface area contributed by atoms with Crippen LogP contribution in [0, 0.1) is 6.92 Å². The summed E-state index contributed by atoms with van der Waals surface area (Å²) < 4.78 is 1.96. The summed E-state index contributed by atoms with van der Waals surface area (Å²) in [4.78, 5) is 39.1. The molecule has 9 nitrogen and oxygen atoms in total. The van der Waals surface area contributed by atoms with E-state index in [2.05, 4.69) is 84.9 Å². The SMILES string of the molecule is CCCc1cc(C)[nH]c(=O)c1CNC(=O)c1cc(-c2ccc(N3CCN(C(C)C)CC3)nc2)cc2c1cnn2C(C)(C)C. The van der Waals surface area contributed by atoms with Crippen LogP contribution in [0.15, 0.2) is 47.5 Å². The first-order chi connectivity index (χ1) is 20.5. The Hall–Kier alpha value is -3.98. The summed E-state index contributed by atoms with van der Waals surface area (Å²) >= 11 is 0. The Kier molecular flexibility index (Phi) is 8.74. The molecule has 0 radical (unpaired) electrons. The van der Waals surface area contributed by atoms with Gasteiger partial charge in [-0.05, 0) is 89.4 Å². The van der Waals surface area contributed by atoms with E-state index in [0.717, 1.165) is 78.1 Å². The van der Waals surface area contributed by atoms with Gasteiger partial charge < -0.3 is 15.2 Å². The standard InChI is InChI=1S/C34H45N7O2/c1-8-9-24-16-23(4)38-33(43)28(24)20-36-32(42)27-17-26(18-30-29(27)21-37-41(30)34(5,6)7)25-10-11-31(35-19-25)40-14-12-39(13-15-40)22(2)3/h10-11,16-19,21-22H,8-9,12-15,20H2,1-7H3,(H,36,42)(H,38,43). The largest absolute Gasteiger partial charge is 0.354 e. The molecule has 228 valence electrons. The number of nitrogens with one attached hydrogen (secondary N) is 2. The molecule has 1 fully saturated rings. The van der Waals surface area contributed by atoms with Crippen molar-refractivity contribution in [2.45, 2.75) is 79.4 Å². The fourth-order valence-corrected chi connectivity index (χ4v) is 5.96. The maximum atomic E-state index is 13.8. The Bertz CT molecular complexity index is 1650. The van der Waals surface area contributed by atoms with Gasteiger partial charge >= 0.3 is 0 Å². The molecule has 4 heterocycles. The lowest BCUT2D eigenvalue weighted by Gasteiger charge is -2.37. The molecule has 0 bridgehead atoms. The maximum Gasteiger partial charge on any atom is 0.253 e. The summed E-state index contributed by atoms with van der Waals surface area (Å²) in [5.74, 6) is 0.729. The normalized spacial score (nSPS) is 14.6. The number of benzene rings is 1. The Morgan fingerprint density at radius 3 is 2.42 bits per heavy atom. The van der Waals surface area contributed by atoms with Gasteiger partial charge in [0, 0.05) is 67.2 Å². The highest BCUT2D eigenvalue weighted by Crippen LogP contribution is 2.31. The highest BCUT2D eigenvalue weighted by molar-refractivity contribution is 6.08.